The van der Waals surface area contributed by atoms with Gasteiger partial charge in [-0.1, -0.05) is 121 Å². The molecule has 2 aromatic carbocycles. The second-order valence-corrected chi connectivity index (χ2v) is 16.5. The summed E-state index contributed by atoms with van der Waals surface area (Å²) in [6, 6.07) is 21.7. The Bertz CT molecular complexity index is 983. The van der Waals surface area contributed by atoms with Crippen molar-refractivity contribution < 1.29 is 9.22 Å². The van der Waals surface area contributed by atoms with E-state index in [9.17, 15) is 4.79 Å². The van der Waals surface area contributed by atoms with Crippen molar-refractivity contribution in [3.8, 4) is 0 Å². The third-order valence-electron chi connectivity index (χ3n) is 9.14. The molecule has 0 heterocycles. The quantitative estimate of drug-likeness (QED) is 0.270. The van der Waals surface area contributed by atoms with E-state index < -0.39 is 8.32 Å². The van der Waals surface area contributed by atoms with Crippen molar-refractivity contribution >= 4 is 25.0 Å². The number of hydrogen-bond donors (Lipinski definition) is 0. The molecule has 0 N–H and O–H groups in total. The fraction of sp³-hybridized carbons (Fsp3) is 0.516. The van der Waals surface area contributed by atoms with Crippen LogP contribution in [0.3, 0.4) is 0 Å². The Morgan fingerprint density at radius 3 is 2.03 bits per heavy atom. The first-order chi connectivity index (χ1) is 16.1. The van der Waals surface area contributed by atoms with Crippen molar-refractivity contribution in [1.82, 2.24) is 0 Å². The Hall–Kier alpha value is -1.97. The van der Waals surface area contributed by atoms with Crippen LogP contribution < -0.4 is 10.4 Å². The minimum absolute atomic E-state index is 0.0561. The molecule has 0 radical (unpaired) electrons. The van der Waals surface area contributed by atoms with Gasteiger partial charge in [0.25, 0.3) is 8.32 Å². The maximum absolute atomic E-state index is 12.6. The molecule has 3 heteroatoms. The highest BCUT2D eigenvalue weighted by Crippen LogP contribution is 2.58. The van der Waals surface area contributed by atoms with Crippen molar-refractivity contribution in [2.45, 2.75) is 72.3 Å². The Balaban J connectivity index is 1.80. The number of aldehydes is 1. The molecule has 182 valence electrons. The van der Waals surface area contributed by atoms with Crippen LogP contribution in [0.1, 0.15) is 67.2 Å². The zero-order chi connectivity index (χ0) is 24.6. The lowest BCUT2D eigenvalue weighted by atomic mass is 9.50. The molecular formula is C31H42O2Si. The first-order valence-corrected chi connectivity index (χ1v) is 14.9. The van der Waals surface area contributed by atoms with Crippen LogP contribution in [-0.4, -0.2) is 21.2 Å². The van der Waals surface area contributed by atoms with E-state index in [1.165, 1.54) is 35.1 Å². The maximum Gasteiger partial charge on any atom is 0.261 e. The Labute approximate surface area is 208 Å². The van der Waals surface area contributed by atoms with Crippen molar-refractivity contribution in [2.24, 2.45) is 22.7 Å². The van der Waals surface area contributed by atoms with E-state index in [1.807, 2.05) is 0 Å². The van der Waals surface area contributed by atoms with Gasteiger partial charge in [0.05, 0.1) is 6.61 Å². The topological polar surface area (TPSA) is 26.3 Å². The average Bonchev–Trinajstić information content (AvgIpc) is 2.83. The number of benzene rings is 2. The summed E-state index contributed by atoms with van der Waals surface area (Å²) < 4.78 is 7.29. The summed E-state index contributed by atoms with van der Waals surface area (Å²) in [5, 5.41) is 2.55. The van der Waals surface area contributed by atoms with Crippen LogP contribution in [0.15, 0.2) is 72.3 Å². The van der Waals surface area contributed by atoms with Gasteiger partial charge in [-0.05, 0) is 51.1 Å². The summed E-state index contributed by atoms with van der Waals surface area (Å²) >= 11 is 0. The van der Waals surface area contributed by atoms with Gasteiger partial charge < -0.3 is 9.22 Å². The predicted molar refractivity (Wildman–Crippen MR) is 145 cm³/mol. The van der Waals surface area contributed by atoms with E-state index in [0.717, 1.165) is 12.8 Å². The van der Waals surface area contributed by atoms with Gasteiger partial charge in [0.1, 0.15) is 6.29 Å². The molecule has 0 aliphatic heterocycles. The molecule has 0 amide bonds. The molecule has 2 aliphatic carbocycles. The summed E-state index contributed by atoms with van der Waals surface area (Å²) in [6.07, 6.45) is 8.58. The highest BCUT2D eigenvalue weighted by molar-refractivity contribution is 6.99. The fourth-order valence-electron chi connectivity index (χ4n) is 7.11. The molecule has 0 bridgehead atoms. The zero-order valence-corrected chi connectivity index (χ0v) is 22.9. The molecule has 0 aromatic heterocycles. The SMILES string of the molecule is C[C@@H]1C(CO[Si](c2ccccc2)(c2ccccc2)C(C)(C)C)=C[C@]2(C)CCCC[C@H]2[C@]1(C)C=O. The van der Waals surface area contributed by atoms with Gasteiger partial charge in [0, 0.05) is 5.41 Å². The number of allylic oxidation sites excluding steroid dienone is 1. The third-order valence-corrected chi connectivity index (χ3v) is 14.1. The van der Waals surface area contributed by atoms with Gasteiger partial charge in [0.15, 0.2) is 0 Å². The zero-order valence-electron chi connectivity index (χ0n) is 21.9. The predicted octanol–water partition coefficient (Wildman–Crippen LogP) is 6.54. The van der Waals surface area contributed by atoms with Crippen LogP contribution in [0.5, 0.6) is 0 Å². The number of hydrogen-bond acceptors (Lipinski definition) is 2. The molecular weight excluding hydrogens is 432 g/mol. The van der Waals surface area contributed by atoms with E-state index in [0.29, 0.717) is 12.5 Å². The second-order valence-electron chi connectivity index (χ2n) is 12.2. The molecule has 0 saturated heterocycles. The molecule has 2 aromatic rings. The van der Waals surface area contributed by atoms with E-state index in [-0.39, 0.29) is 21.8 Å². The van der Waals surface area contributed by atoms with Crippen LogP contribution in [0.4, 0.5) is 0 Å². The molecule has 1 saturated carbocycles. The first kappa shape index (κ1) is 25.1. The molecule has 1 fully saturated rings. The summed E-state index contributed by atoms with van der Waals surface area (Å²) in [7, 11) is -2.62. The van der Waals surface area contributed by atoms with Crippen LogP contribution in [0.25, 0.3) is 0 Å². The van der Waals surface area contributed by atoms with Crippen molar-refractivity contribution in [2.75, 3.05) is 6.61 Å². The monoisotopic (exact) mass is 474 g/mol. The molecule has 0 spiro atoms. The van der Waals surface area contributed by atoms with Crippen molar-refractivity contribution in [3.63, 3.8) is 0 Å². The summed E-state index contributed by atoms with van der Waals surface area (Å²) in [4.78, 5) is 12.6. The first-order valence-electron chi connectivity index (χ1n) is 13.0. The van der Waals surface area contributed by atoms with Gasteiger partial charge in [-0.2, -0.15) is 0 Å². The summed E-state index contributed by atoms with van der Waals surface area (Å²) in [5.41, 5.74) is 1.04. The maximum atomic E-state index is 12.6. The van der Waals surface area contributed by atoms with Crippen LogP contribution in [-0.2, 0) is 9.22 Å². The Morgan fingerprint density at radius 2 is 1.53 bits per heavy atom. The van der Waals surface area contributed by atoms with Crippen LogP contribution in [0.2, 0.25) is 5.04 Å². The van der Waals surface area contributed by atoms with Crippen molar-refractivity contribution in [3.05, 3.63) is 72.3 Å². The summed E-state index contributed by atoms with van der Waals surface area (Å²) in [6.45, 7) is 14.4. The van der Waals surface area contributed by atoms with Crippen LogP contribution in [0, 0.1) is 22.7 Å². The minimum atomic E-state index is -2.62. The molecule has 34 heavy (non-hydrogen) atoms. The van der Waals surface area contributed by atoms with Gasteiger partial charge in [-0.3, -0.25) is 0 Å². The van der Waals surface area contributed by atoms with E-state index in [1.54, 1.807) is 0 Å². The third kappa shape index (κ3) is 4.05. The molecule has 2 nitrogen and oxygen atoms in total. The largest absolute Gasteiger partial charge is 0.403 e. The normalized spacial score (nSPS) is 29.8. The Morgan fingerprint density at radius 1 is 0.971 bits per heavy atom. The van der Waals surface area contributed by atoms with E-state index in [2.05, 4.69) is 108 Å². The fourth-order valence-corrected chi connectivity index (χ4v) is 11.6. The average molecular weight is 475 g/mol. The van der Waals surface area contributed by atoms with Crippen LogP contribution >= 0.6 is 0 Å². The standard InChI is InChI=1S/C31H42O2Si/c1-24-25(21-30(5)20-14-13-19-28(30)31(24,6)23-32)22-33-34(29(2,3)4,26-15-9-7-10-16-26)27-17-11-8-12-18-27/h7-12,15-18,21,23-24,28H,13-14,19-20,22H2,1-6H3/t24-,28-,30+,31-/m1/s1. The van der Waals surface area contributed by atoms with E-state index >= 15 is 0 Å². The van der Waals surface area contributed by atoms with Crippen molar-refractivity contribution in [1.29, 1.82) is 0 Å². The molecule has 2 aliphatic rings. The van der Waals surface area contributed by atoms with Gasteiger partial charge >= 0.3 is 0 Å². The minimum Gasteiger partial charge on any atom is -0.403 e. The highest BCUT2D eigenvalue weighted by Gasteiger charge is 2.54. The summed E-state index contributed by atoms with van der Waals surface area (Å²) in [5.74, 6) is 0.595. The van der Waals surface area contributed by atoms with Gasteiger partial charge in [-0.15, -0.1) is 0 Å². The smallest absolute Gasteiger partial charge is 0.261 e. The number of fused-ring (bicyclic) bond motifs is 1. The lowest BCUT2D eigenvalue weighted by Gasteiger charge is -2.54. The van der Waals surface area contributed by atoms with Gasteiger partial charge in [0.2, 0.25) is 0 Å². The number of carbonyl (C=O) groups is 1. The molecule has 0 unspecified atom stereocenters. The number of rotatable bonds is 6. The number of carbonyl (C=O) groups excluding carboxylic acids is 1. The van der Waals surface area contributed by atoms with Gasteiger partial charge in [-0.25, -0.2) is 0 Å². The second kappa shape index (κ2) is 9.24. The Kier molecular flexibility index (Phi) is 6.83. The molecule has 4 rings (SSSR count). The highest BCUT2D eigenvalue weighted by atomic mass is 28.4. The lowest BCUT2D eigenvalue weighted by Crippen LogP contribution is -2.67. The van der Waals surface area contributed by atoms with E-state index in [4.69, 9.17) is 4.43 Å². The lowest BCUT2D eigenvalue weighted by molar-refractivity contribution is -0.126. The molecule has 4 atom stereocenters.